The van der Waals surface area contributed by atoms with Crippen LogP contribution in [0.2, 0.25) is 0 Å². The van der Waals surface area contributed by atoms with Gasteiger partial charge in [0.05, 0.1) is 12.2 Å². The van der Waals surface area contributed by atoms with E-state index in [1.165, 1.54) is 4.90 Å². The standard InChI is InChI=1S/C12H15N5O3S/c1-7-10(21-15-14-7)11(19)16-4-2-8(3-5-16)17-9(18)6-13-12(17)20/h8H,2-6H2,1H3,(H,13,20). The highest BCUT2D eigenvalue weighted by molar-refractivity contribution is 7.07. The molecule has 0 aliphatic carbocycles. The molecule has 1 aromatic heterocycles. The molecule has 3 heterocycles. The summed E-state index contributed by atoms with van der Waals surface area (Å²) in [6.07, 6.45) is 1.21. The molecular formula is C12H15N5O3S. The molecular weight excluding hydrogens is 294 g/mol. The highest BCUT2D eigenvalue weighted by Crippen LogP contribution is 2.21. The number of hydrogen-bond acceptors (Lipinski definition) is 6. The predicted molar refractivity (Wildman–Crippen MR) is 73.8 cm³/mol. The molecule has 0 unspecified atom stereocenters. The minimum Gasteiger partial charge on any atom is -0.338 e. The number of amides is 4. The van der Waals surface area contributed by atoms with Crippen molar-refractivity contribution in [2.75, 3.05) is 19.6 Å². The van der Waals surface area contributed by atoms with E-state index in [-0.39, 0.29) is 30.4 Å². The fourth-order valence-electron chi connectivity index (χ4n) is 2.70. The van der Waals surface area contributed by atoms with Crippen LogP contribution in [0.4, 0.5) is 4.79 Å². The first-order valence-corrected chi connectivity index (χ1v) is 7.53. The van der Waals surface area contributed by atoms with Crippen LogP contribution < -0.4 is 5.32 Å². The number of nitrogens with one attached hydrogen (secondary N) is 1. The van der Waals surface area contributed by atoms with Crippen LogP contribution in [0.15, 0.2) is 0 Å². The van der Waals surface area contributed by atoms with Crippen LogP contribution in [-0.4, -0.2) is 62.9 Å². The summed E-state index contributed by atoms with van der Waals surface area (Å²) < 4.78 is 3.77. The number of imide groups is 1. The Bertz CT molecular complexity index is 577. The van der Waals surface area contributed by atoms with Gasteiger partial charge in [-0.2, -0.15) is 0 Å². The van der Waals surface area contributed by atoms with Gasteiger partial charge in [0.25, 0.3) is 5.91 Å². The van der Waals surface area contributed by atoms with Crippen LogP contribution >= 0.6 is 11.5 Å². The number of nitrogens with zero attached hydrogens (tertiary/aromatic N) is 4. The number of aromatic nitrogens is 2. The van der Waals surface area contributed by atoms with Crippen LogP contribution in [0.1, 0.15) is 28.2 Å². The Morgan fingerprint density at radius 2 is 2.05 bits per heavy atom. The molecule has 112 valence electrons. The lowest BCUT2D eigenvalue weighted by Gasteiger charge is -2.35. The van der Waals surface area contributed by atoms with Gasteiger partial charge in [0.1, 0.15) is 4.88 Å². The van der Waals surface area contributed by atoms with Crippen molar-refractivity contribution >= 4 is 29.4 Å². The summed E-state index contributed by atoms with van der Waals surface area (Å²) in [7, 11) is 0. The van der Waals surface area contributed by atoms with Gasteiger partial charge in [0, 0.05) is 19.1 Å². The van der Waals surface area contributed by atoms with Gasteiger partial charge in [-0.05, 0) is 31.3 Å². The lowest BCUT2D eigenvalue weighted by molar-refractivity contribution is -0.127. The van der Waals surface area contributed by atoms with Gasteiger partial charge in [0.2, 0.25) is 5.91 Å². The highest BCUT2D eigenvalue weighted by atomic mass is 32.1. The Hall–Kier alpha value is -2.03. The summed E-state index contributed by atoms with van der Waals surface area (Å²) in [6.45, 7) is 2.89. The van der Waals surface area contributed by atoms with E-state index in [1.54, 1.807) is 11.8 Å². The molecule has 21 heavy (non-hydrogen) atoms. The zero-order valence-electron chi connectivity index (χ0n) is 11.5. The molecule has 0 saturated carbocycles. The van der Waals surface area contributed by atoms with Crippen molar-refractivity contribution in [1.82, 2.24) is 24.7 Å². The normalized spacial score (nSPS) is 20.0. The highest BCUT2D eigenvalue weighted by Gasteiger charge is 2.37. The molecule has 0 bridgehead atoms. The zero-order valence-corrected chi connectivity index (χ0v) is 12.4. The Kier molecular flexibility index (Phi) is 3.58. The van der Waals surface area contributed by atoms with Crippen LogP contribution in [-0.2, 0) is 4.79 Å². The van der Waals surface area contributed by atoms with Crippen molar-refractivity contribution in [3.05, 3.63) is 10.6 Å². The minimum atomic E-state index is -0.327. The third-order valence-corrected chi connectivity index (χ3v) is 4.66. The molecule has 2 aliphatic heterocycles. The molecule has 2 saturated heterocycles. The maximum Gasteiger partial charge on any atom is 0.324 e. The number of urea groups is 1. The van der Waals surface area contributed by atoms with E-state index < -0.39 is 0 Å². The number of aryl methyl sites for hydroxylation is 1. The average molecular weight is 309 g/mol. The number of hydrogen-bond donors (Lipinski definition) is 1. The van der Waals surface area contributed by atoms with Gasteiger partial charge in [-0.1, -0.05) is 4.49 Å². The lowest BCUT2D eigenvalue weighted by atomic mass is 10.0. The molecule has 2 aliphatic rings. The number of carbonyl (C=O) groups is 3. The summed E-state index contributed by atoms with van der Waals surface area (Å²) in [5.74, 6) is -0.259. The van der Waals surface area contributed by atoms with E-state index in [4.69, 9.17) is 0 Å². The molecule has 0 atom stereocenters. The fourth-order valence-corrected chi connectivity index (χ4v) is 3.33. The number of likely N-dealkylation sites (tertiary alicyclic amines) is 1. The van der Waals surface area contributed by atoms with Gasteiger partial charge in [-0.25, -0.2) is 4.79 Å². The first-order valence-electron chi connectivity index (χ1n) is 6.76. The maximum absolute atomic E-state index is 12.3. The Morgan fingerprint density at radius 1 is 1.33 bits per heavy atom. The van der Waals surface area contributed by atoms with E-state index in [1.807, 2.05) is 0 Å². The second-order valence-electron chi connectivity index (χ2n) is 5.13. The second-order valence-corrected chi connectivity index (χ2v) is 5.89. The topological polar surface area (TPSA) is 95.5 Å². The van der Waals surface area contributed by atoms with Gasteiger partial charge in [-0.15, -0.1) is 5.10 Å². The molecule has 0 spiro atoms. The molecule has 3 rings (SSSR count). The summed E-state index contributed by atoms with van der Waals surface area (Å²) in [5, 5.41) is 6.37. The van der Waals surface area contributed by atoms with Crippen molar-refractivity contribution in [2.45, 2.75) is 25.8 Å². The Labute approximate surface area is 125 Å². The second kappa shape index (κ2) is 5.40. The van der Waals surface area contributed by atoms with Crippen molar-refractivity contribution in [2.24, 2.45) is 0 Å². The largest absolute Gasteiger partial charge is 0.338 e. The summed E-state index contributed by atoms with van der Waals surface area (Å²) >= 11 is 1.10. The van der Waals surface area contributed by atoms with Crippen molar-refractivity contribution in [3.8, 4) is 0 Å². The van der Waals surface area contributed by atoms with Crippen LogP contribution in [0.3, 0.4) is 0 Å². The van der Waals surface area contributed by atoms with Crippen LogP contribution in [0.25, 0.3) is 0 Å². The fraction of sp³-hybridized carbons (Fsp3) is 0.583. The minimum absolute atomic E-state index is 0.0712. The predicted octanol–water partition coefficient (Wildman–Crippen LogP) is 0.00292. The van der Waals surface area contributed by atoms with E-state index >= 15 is 0 Å². The zero-order chi connectivity index (χ0) is 15.0. The van der Waals surface area contributed by atoms with Crippen molar-refractivity contribution in [3.63, 3.8) is 0 Å². The quantitative estimate of drug-likeness (QED) is 0.776. The van der Waals surface area contributed by atoms with Crippen LogP contribution in [0.5, 0.6) is 0 Å². The molecule has 1 aromatic rings. The molecule has 1 N–H and O–H groups in total. The SMILES string of the molecule is Cc1nnsc1C(=O)N1CCC(N2C(=O)CNC2=O)CC1. The first-order chi connectivity index (χ1) is 10.1. The van der Waals surface area contributed by atoms with Crippen molar-refractivity contribution in [1.29, 1.82) is 0 Å². The van der Waals surface area contributed by atoms with Gasteiger partial charge in [-0.3, -0.25) is 14.5 Å². The third-order valence-electron chi connectivity index (χ3n) is 3.84. The maximum atomic E-state index is 12.3. The number of carbonyl (C=O) groups excluding carboxylic acids is 3. The summed E-state index contributed by atoms with van der Waals surface area (Å²) in [6, 6.07) is -0.447. The van der Waals surface area contributed by atoms with Crippen molar-refractivity contribution < 1.29 is 14.4 Å². The average Bonchev–Trinajstić information content (AvgIpc) is 3.05. The Balaban J connectivity index is 1.63. The van der Waals surface area contributed by atoms with E-state index in [2.05, 4.69) is 14.9 Å². The number of piperidine rings is 1. The first kappa shape index (κ1) is 13.9. The van der Waals surface area contributed by atoms with E-state index in [0.29, 0.717) is 36.5 Å². The molecule has 2 fully saturated rings. The van der Waals surface area contributed by atoms with Gasteiger partial charge in [0.15, 0.2) is 0 Å². The van der Waals surface area contributed by atoms with Gasteiger partial charge >= 0.3 is 6.03 Å². The molecule has 0 aromatic carbocycles. The van der Waals surface area contributed by atoms with Gasteiger partial charge < -0.3 is 10.2 Å². The van der Waals surface area contributed by atoms with E-state index in [0.717, 1.165) is 11.5 Å². The molecule has 8 nitrogen and oxygen atoms in total. The molecule has 4 amide bonds. The monoisotopic (exact) mass is 309 g/mol. The molecule has 9 heteroatoms. The summed E-state index contributed by atoms with van der Waals surface area (Å²) in [4.78, 5) is 39.2. The summed E-state index contributed by atoms with van der Waals surface area (Å²) in [5.41, 5.74) is 0.640. The van der Waals surface area contributed by atoms with E-state index in [9.17, 15) is 14.4 Å². The smallest absolute Gasteiger partial charge is 0.324 e. The van der Waals surface area contributed by atoms with Crippen LogP contribution in [0, 0.1) is 6.92 Å². The molecule has 0 radical (unpaired) electrons. The lowest BCUT2D eigenvalue weighted by Crippen LogP contribution is -2.49. The number of rotatable bonds is 2. The Morgan fingerprint density at radius 3 is 2.57 bits per heavy atom. The third kappa shape index (κ3) is 2.48.